The average Bonchev–Trinajstić information content (AvgIpc) is 2.92. The van der Waals surface area contributed by atoms with E-state index in [4.69, 9.17) is 9.47 Å². The molecule has 5 nitrogen and oxygen atoms in total. The second-order valence-corrected chi connectivity index (χ2v) is 10.9. The summed E-state index contributed by atoms with van der Waals surface area (Å²) in [5.41, 5.74) is 5.32. The number of piperidine rings is 3. The Labute approximate surface area is 220 Å². The first-order valence-electron chi connectivity index (χ1n) is 13.5. The highest BCUT2D eigenvalue weighted by atomic mass is 16.6. The molecule has 1 N–H and O–H groups in total. The van der Waals surface area contributed by atoms with E-state index in [9.17, 15) is 4.79 Å². The molecule has 3 aliphatic heterocycles. The highest BCUT2D eigenvalue weighted by Crippen LogP contribution is 2.30. The number of nitrogens with one attached hydrogen (secondary N) is 1. The summed E-state index contributed by atoms with van der Waals surface area (Å²) >= 11 is 0. The summed E-state index contributed by atoms with van der Waals surface area (Å²) < 4.78 is 11.7. The van der Waals surface area contributed by atoms with Crippen LogP contribution in [0.15, 0.2) is 78.9 Å². The summed E-state index contributed by atoms with van der Waals surface area (Å²) in [5, 5.41) is 3.09. The third-order valence-corrected chi connectivity index (χ3v) is 7.81. The second-order valence-electron chi connectivity index (χ2n) is 10.9. The standard InChI is InChI=1S/C32H38N2O3/c1-32(2,33-31(35)37-30-22-34-19-16-28(30)17-20-34)29-14-12-27(13-15-29)26-10-8-24(9-11-26)18-21-36-23-25-6-4-3-5-7-25/h3-15,28,30H,16-23H2,1-2H3,(H,33,35). The molecule has 0 aliphatic carbocycles. The van der Waals surface area contributed by atoms with Gasteiger partial charge in [0.25, 0.3) is 0 Å². The molecule has 0 radical (unpaired) electrons. The van der Waals surface area contributed by atoms with Crippen molar-refractivity contribution in [1.82, 2.24) is 10.2 Å². The first-order chi connectivity index (χ1) is 18.0. The van der Waals surface area contributed by atoms with Crippen molar-refractivity contribution < 1.29 is 14.3 Å². The molecular formula is C32H38N2O3. The van der Waals surface area contributed by atoms with Crippen LogP contribution in [0.2, 0.25) is 0 Å². The van der Waals surface area contributed by atoms with E-state index in [2.05, 4.69) is 70.9 Å². The van der Waals surface area contributed by atoms with Gasteiger partial charge in [0.2, 0.25) is 0 Å². The second kappa shape index (κ2) is 11.5. The predicted molar refractivity (Wildman–Crippen MR) is 147 cm³/mol. The maximum absolute atomic E-state index is 12.7. The molecule has 1 amide bonds. The number of alkyl carbamates (subject to hydrolysis) is 1. The Morgan fingerprint density at radius 2 is 1.54 bits per heavy atom. The van der Waals surface area contributed by atoms with Crippen molar-refractivity contribution in [3.05, 3.63) is 95.6 Å². The molecule has 194 valence electrons. The van der Waals surface area contributed by atoms with Crippen molar-refractivity contribution in [1.29, 1.82) is 0 Å². The predicted octanol–water partition coefficient (Wildman–Crippen LogP) is 6.17. The van der Waals surface area contributed by atoms with Gasteiger partial charge in [-0.15, -0.1) is 0 Å². The minimum absolute atomic E-state index is 0.0130. The molecule has 0 spiro atoms. The molecule has 1 atom stereocenters. The van der Waals surface area contributed by atoms with E-state index in [1.54, 1.807) is 0 Å². The Morgan fingerprint density at radius 3 is 2.16 bits per heavy atom. The summed E-state index contributed by atoms with van der Waals surface area (Å²) in [6, 6.07) is 27.4. The maximum atomic E-state index is 12.7. The van der Waals surface area contributed by atoms with Crippen LogP contribution in [0, 0.1) is 5.92 Å². The minimum atomic E-state index is -0.521. The molecule has 3 aromatic carbocycles. The molecule has 6 rings (SSSR count). The smallest absolute Gasteiger partial charge is 0.408 e. The van der Waals surface area contributed by atoms with Crippen molar-refractivity contribution in [3.63, 3.8) is 0 Å². The maximum Gasteiger partial charge on any atom is 0.408 e. The van der Waals surface area contributed by atoms with Gasteiger partial charge >= 0.3 is 6.09 Å². The summed E-state index contributed by atoms with van der Waals surface area (Å²) in [7, 11) is 0. The lowest BCUT2D eigenvalue weighted by atomic mass is 9.86. The quantitative estimate of drug-likeness (QED) is 0.359. The van der Waals surface area contributed by atoms with Gasteiger partial charge in [0.05, 0.1) is 18.8 Å². The molecule has 3 aliphatic rings. The van der Waals surface area contributed by atoms with Crippen molar-refractivity contribution in [2.24, 2.45) is 5.92 Å². The topological polar surface area (TPSA) is 50.8 Å². The van der Waals surface area contributed by atoms with Gasteiger partial charge in [0.15, 0.2) is 0 Å². The molecule has 0 aromatic heterocycles. The Hall–Kier alpha value is -3.15. The van der Waals surface area contributed by atoms with E-state index in [1.165, 1.54) is 16.7 Å². The zero-order valence-corrected chi connectivity index (χ0v) is 22.0. The first kappa shape index (κ1) is 25.5. The normalized spacial score (nSPS) is 21.0. The van der Waals surface area contributed by atoms with Crippen molar-refractivity contribution in [2.45, 2.75) is 51.4 Å². The van der Waals surface area contributed by atoms with Gasteiger partial charge < -0.3 is 14.8 Å². The average molecular weight is 499 g/mol. The van der Waals surface area contributed by atoms with Crippen LogP contribution in [-0.4, -0.2) is 43.3 Å². The third kappa shape index (κ3) is 6.60. The van der Waals surface area contributed by atoms with Crippen LogP contribution in [0.25, 0.3) is 11.1 Å². The van der Waals surface area contributed by atoms with Gasteiger partial charge in [-0.05, 0) is 79.9 Å². The summed E-state index contributed by atoms with van der Waals surface area (Å²) in [6.45, 7) is 8.53. The number of nitrogens with zero attached hydrogens (tertiary/aromatic N) is 1. The monoisotopic (exact) mass is 498 g/mol. The molecular weight excluding hydrogens is 460 g/mol. The van der Waals surface area contributed by atoms with Crippen LogP contribution >= 0.6 is 0 Å². The fourth-order valence-corrected chi connectivity index (χ4v) is 5.44. The van der Waals surface area contributed by atoms with E-state index >= 15 is 0 Å². The van der Waals surface area contributed by atoms with Gasteiger partial charge in [0.1, 0.15) is 6.10 Å². The van der Waals surface area contributed by atoms with Crippen molar-refractivity contribution in [3.8, 4) is 11.1 Å². The van der Waals surface area contributed by atoms with E-state index in [1.807, 2.05) is 32.0 Å². The van der Waals surface area contributed by atoms with E-state index in [0.29, 0.717) is 19.1 Å². The Kier molecular flexibility index (Phi) is 7.92. The van der Waals surface area contributed by atoms with Crippen LogP contribution in [0.3, 0.4) is 0 Å². The molecule has 3 heterocycles. The van der Waals surface area contributed by atoms with E-state index in [0.717, 1.165) is 50.0 Å². The number of benzene rings is 3. The lowest BCUT2D eigenvalue weighted by Crippen LogP contribution is -2.53. The van der Waals surface area contributed by atoms with Crippen LogP contribution in [-0.2, 0) is 28.0 Å². The minimum Gasteiger partial charge on any atom is -0.445 e. The largest absolute Gasteiger partial charge is 0.445 e. The van der Waals surface area contributed by atoms with E-state index in [-0.39, 0.29) is 12.2 Å². The third-order valence-electron chi connectivity index (χ3n) is 7.81. The Bertz CT molecular complexity index is 1150. The summed E-state index contributed by atoms with van der Waals surface area (Å²) in [5.74, 6) is 0.506. The van der Waals surface area contributed by atoms with Crippen LogP contribution in [0.1, 0.15) is 43.4 Å². The molecule has 3 saturated heterocycles. The van der Waals surface area contributed by atoms with Gasteiger partial charge in [0, 0.05) is 6.54 Å². The van der Waals surface area contributed by atoms with Crippen LogP contribution < -0.4 is 5.32 Å². The Morgan fingerprint density at radius 1 is 0.892 bits per heavy atom. The van der Waals surface area contributed by atoms with Crippen LogP contribution in [0.4, 0.5) is 4.79 Å². The van der Waals surface area contributed by atoms with Crippen LogP contribution in [0.5, 0.6) is 0 Å². The number of carbonyl (C=O) groups is 1. The molecule has 1 unspecified atom stereocenters. The lowest BCUT2D eigenvalue weighted by Gasteiger charge is -2.44. The molecule has 3 fully saturated rings. The SMILES string of the molecule is CC(C)(NC(=O)OC1CN2CCC1CC2)c1ccc(-c2ccc(CCOCc3ccccc3)cc2)cc1. The van der Waals surface area contributed by atoms with Gasteiger partial charge in [-0.25, -0.2) is 4.79 Å². The highest BCUT2D eigenvalue weighted by Gasteiger charge is 2.37. The number of carbonyl (C=O) groups excluding carboxylic acids is 1. The number of amides is 1. The molecule has 37 heavy (non-hydrogen) atoms. The number of ether oxygens (including phenoxy) is 2. The van der Waals surface area contributed by atoms with Gasteiger partial charge in [-0.1, -0.05) is 78.9 Å². The van der Waals surface area contributed by atoms with Crippen molar-refractivity contribution in [2.75, 3.05) is 26.2 Å². The zero-order valence-electron chi connectivity index (χ0n) is 22.0. The molecule has 5 heteroatoms. The lowest BCUT2D eigenvalue weighted by molar-refractivity contribution is -0.0349. The van der Waals surface area contributed by atoms with Gasteiger partial charge in [-0.3, -0.25) is 4.90 Å². The number of rotatable bonds is 9. The number of hydrogen-bond acceptors (Lipinski definition) is 4. The summed E-state index contributed by atoms with van der Waals surface area (Å²) in [6.07, 6.45) is 2.84. The molecule has 3 aromatic rings. The Balaban J connectivity index is 1.11. The fraction of sp³-hybridized carbons (Fsp3) is 0.406. The van der Waals surface area contributed by atoms with E-state index < -0.39 is 5.54 Å². The number of fused-ring (bicyclic) bond motifs is 3. The highest BCUT2D eigenvalue weighted by molar-refractivity contribution is 5.69. The fourth-order valence-electron chi connectivity index (χ4n) is 5.44. The zero-order chi connectivity index (χ0) is 25.7. The van der Waals surface area contributed by atoms with Gasteiger partial charge in [-0.2, -0.15) is 0 Å². The first-order valence-corrected chi connectivity index (χ1v) is 13.5. The summed E-state index contributed by atoms with van der Waals surface area (Å²) in [4.78, 5) is 15.1. The molecule has 0 saturated carbocycles. The molecule has 2 bridgehead atoms. The number of hydrogen-bond donors (Lipinski definition) is 1. The van der Waals surface area contributed by atoms with Crippen molar-refractivity contribution >= 4 is 6.09 Å².